The average molecular weight is 271 g/mol. The molecule has 0 aliphatic rings. The van der Waals surface area contributed by atoms with Gasteiger partial charge in [0, 0.05) is 12.1 Å². The van der Waals surface area contributed by atoms with Gasteiger partial charge in [-0.1, -0.05) is 17.7 Å². The third kappa shape index (κ3) is 4.94. The van der Waals surface area contributed by atoms with Crippen molar-refractivity contribution in [2.75, 3.05) is 6.61 Å². The Hall–Kier alpha value is -1.26. The van der Waals surface area contributed by atoms with Crippen LogP contribution in [0, 0.1) is 0 Å². The molecule has 0 atom stereocenters. The number of benzene rings is 1. The molecule has 18 heavy (non-hydrogen) atoms. The predicted octanol–water partition coefficient (Wildman–Crippen LogP) is 2.09. The topological polar surface area (TPSA) is 64.3 Å². The molecule has 0 fully saturated rings. The number of hydrogen-bond donors (Lipinski definition) is 2. The van der Waals surface area contributed by atoms with Gasteiger partial charge in [0.25, 0.3) is 5.91 Å². The molecule has 0 aromatic heterocycles. The van der Waals surface area contributed by atoms with Crippen molar-refractivity contribution in [3.63, 3.8) is 0 Å². The van der Waals surface area contributed by atoms with Crippen LogP contribution in [0.15, 0.2) is 18.2 Å². The van der Waals surface area contributed by atoms with Crippen molar-refractivity contribution in [2.24, 2.45) is 5.73 Å². The molecule has 0 unspecified atom stereocenters. The van der Waals surface area contributed by atoms with Crippen LogP contribution >= 0.6 is 11.6 Å². The fourth-order valence-corrected chi connectivity index (χ4v) is 1.64. The molecule has 4 nitrogen and oxygen atoms in total. The Kier molecular flexibility index (Phi) is 4.99. The van der Waals surface area contributed by atoms with Gasteiger partial charge in [0.2, 0.25) is 0 Å². The molecule has 0 aliphatic heterocycles. The Morgan fingerprint density at radius 3 is 2.61 bits per heavy atom. The summed E-state index contributed by atoms with van der Waals surface area (Å²) in [6, 6.07) is 5.27. The van der Waals surface area contributed by atoms with Crippen LogP contribution in [-0.4, -0.2) is 18.1 Å². The first kappa shape index (κ1) is 14.8. The van der Waals surface area contributed by atoms with Crippen molar-refractivity contribution in [1.29, 1.82) is 0 Å². The molecule has 1 amide bonds. The SMILES string of the molecule is CC(C)(C)NC(=O)COc1ccc(CN)cc1Cl. The monoisotopic (exact) mass is 270 g/mol. The summed E-state index contributed by atoms with van der Waals surface area (Å²) in [6.45, 7) is 6.10. The lowest BCUT2D eigenvalue weighted by atomic mass is 10.1. The van der Waals surface area contributed by atoms with Crippen molar-refractivity contribution in [3.05, 3.63) is 28.8 Å². The van der Waals surface area contributed by atoms with Crippen molar-refractivity contribution >= 4 is 17.5 Å². The summed E-state index contributed by atoms with van der Waals surface area (Å²) in [6.07, 6.45) is 0. The lowest BCUT2D eigenvalue weighted by Gasteiger charge is -2.20. The number of ether oxygens (including phenoxy) is 1. The van der Waals surface area contributed by atoms with E-state index in [1.165, 1.54) is 0 Å². The molecule has 1 aromatic rings. The zero-order valence-corrected chi connectivity index (χ0v) is 11.7. The second-order valence-corrected chi connectivity index (χ2v) is 5.46. The van der Waals surface area contributed by atoms with Gasteiger partial charge in [-0.2, -0.15) is 0 Å². The molecule has 0 saturated heterocycles. The van der Waals surface area contributed by atoms with Crippen LogP contribution in [0.3, 0.4) is 0 Å². The molecule has 0 bridgehead atoms. The van der Waals surface area contributed by atoms with E-state index in [4.69, 9.17) is 22.1 Å². The average Bonchev–Trinajstić information content (AvgIpc) is 2.25. The van der Waals surface area contributed by atoms with Gasteiger partial charge < -0.3 is 15.8 Å². The number of rotatable bonds is 4. The number of carbonyl (C=O) groups is 1. The molecule has 3 N–H and O–H groups in total. The molecule has 0 heterocycles. The van der Waals surface area contributed by atoms with Gasteiger partial charge in [-0.15, -0.1) is 0 Å². The maximum atomic E-state index is 11.6. The van der Waals surface area contributed by atoms with Crippen LogP contribution in [-0.2, 0) is 11.3 Å². The number of halogens is 1. The lowest BCUT2D eigenvalue weighted by molar-refractivity contribution is -0.124. The summed E-state index contributed by atoms with van der Waals surface area (Å²) >= 11 is 6.01. The van der Waals surface area contributed by atoms with Gasteiger partial charge in [-0.05, 0) is 38.5 Å². The van der Waals surface area contributed by atoms with E-state index in [-0.39, 0.29) is 18.1 Å². The minimum absolute atomic E-state index is 0.0566. The normalized spacial score (nSPS) is 11.2. The van der Waals surface area contributed by atoms with Crippen molar-refractivity contribution < 1.29 is 9.53 Å². The van der Waals surface area contributed by atoms with Crippen LogP contribution in [0.25, 0.3) is 0 Å². The maximum absolute atomic E-state index is 11.6. The van der Waals surface area contributed by atoms with E-state index in [0.717, 1.165) is 5.56 Å². The van der Waals surface area contributed by atoms with Gasteiger partial charge in [0.15, 0.2) is 6.61 Å². The molecule has 100 valence electrons. The van der Waals surface area contributed by atoms with Gasteiger partial charge in [0.1, 0.15) is 5.75 Å². The summed E-state index contributed by atoms with van der Waals surface area (Å²) in [4.78, 5) is 11.6. The van der Waals surface area contributed by atoms with E-state index in [0.29, 0.717) is 17.3 Å². The molecule has 1 rings (SSSR count). The molecule has 0 aliphatic carbocycles. The highest BCUT2D eigenvalue weighted by molar-refractivity contribution is 6.32. The largest absolute Gasteiger partial charge is 0.482 e. The zero-order chi connectivity index (χ0) is 13.8. The van der Waals surface area contributed by atoms with E-state index in [9.17, 15) is 4.79 Å². The maximum Gasteiger partial charge on any atom is 0.258 e. The summed E-state index contributed by atoms with van der Waals surface area (Å²) in [5, 5.41) is 3.26. The smallest absolute Gasteiger partial charge is 0.258 e. The third-order valence-electron chi connectivity index (χ3n) is 2.11. The standard InChI is InChI=1S/C13H19ClN2O2/c1-13(2,3)16-12(17)8-18-11-5-4-9(7-15)6-10(11)14/h4-6H,7-8,15H2,1-3H3,(H,16,17). The van der Waals surface area contributed by atoms with Crippen LogP contribution in [0.2, 0.25) is 5.02 Å². The Morgan fingerprint density at radius 1 is 1.44 bits per heavy atom. The van der Waals surface area contributed by atoms with Crippen molar-refractivity contribution in [1.82, 2.24) is 5.32 Å². The second kappa shape index (κ2) is 6.07. The van der Waals surface area contributed by atoms with E-state index < -0.39 is 0 Å². The Labute approximate surface area is 112 Å². The fourth-order valence-electron chi connectivity index (χ4n) is 1.39. The quantitative estimate of drug-likeness (QED) is 0.881. The Morgan fingerprint density at radius 2 is 2.11 bits per heavy atom. The van der Waals surface area contributed by atoms with Crippen LogP contribution in [0.1, 0.15) is 26.3 Å². The third-order valence-corrected chi connectivity index (χ3v) is 2.40. The van der Waals surface area contributed by atoms with E-state index in [2.05, 4.69) is 5.32 Å². The first-order valence-corrected chi connectivity index (χ1v) is 6.12. The molecular formula is C13H19ClN2O2. The number of nitrogens with two attached hydrogens (primary N) is 1. The fraction of sp³-hybridized carbons (Fsp3) is 0.462. The van der Waals surface area contributed by atoms with Gasteiger partial charge in [0.05, 0.1) is 5.02 Å². The molecular weight excluding hydrogens is 252 g/mol. The van der Waals surface area contributed by atoms with Gasteiger partial charge >= 0.3 is 0 Å². The predicted molar refractivity (Wildman–Crippen MR) is 72.7 cm³/mol. The highest BCUT2D eigenvalue weighted by Gasteiger charge is 2.14. The van der Waals surface area contributed by atoms with Gasteiger partial charge in [-0.3, -0.25) is 4.79 Å². The second-order valence-electron chi connectivity index (χ2n) is 5.06. The van der Waals surface area contributed by atoms with E-state index >= 15 is 0 Å². The molecule has 0 spiro atoms. The molecule has 5 heteroatoms. The van der Waals surface area contributed by atoms with E-state index in [1.54, 1.807) is 12.1 Å². The number of amides is 1. The summed E-state index contributed by atoms with van der Waals surface area (Å²) in [5.41, 5.74) is 6.15. The highest BCUT2D eigenvalue weighted by atomic mass is 35.5. The molecule has 1 aromatic carbocycles. The Bertz CT molecular complexity index is 427. The highest BCUT2D eigenvalue weighted by Crippen LogP contribution is 2.25. The molecule has 0 saturated carbocycles. The number of nitrogens with one attached hydrogen (secondary N) is 1. The summed E-state index contributed by atoms with van der Waals surface area (Å²) < 4.78 is 5.36. The molecule has 0 radical (unpaired) electrons. The lowest BCUT2D eigenvalue weighted by Crippen LogP contribution is -2.43. The van der Waals surface area contributed by atoms with Crippen molar-refractivity contribution in [3.8, 4) is 5.75 Å². The first-order valence-electron chi connectivity index (χ1n) is 5.74. The summed E-state index contributed by atoms with van der Waals surface area (Å²) in [5.74, 6) is 0.305. The van der Waals surface area contributed by atoms with Crippen LogP contribution in [0.5, 0.6) is 5.75 Å². The summed E-state index contributed by atoms with van der Waals surface area (Å²) in [7, 11) is 0. The number of carbonyl (C=O) groups excluding carboxylic acids is 1. The number of hydrogen-bond acceptors (Lipinski definition) is 3. The minimum atomic E-state index is -0.270. The van der Waals surface area contributed by atoms with Crippen molar-refractivity contribution in [2.45, 2.75) is 32.9 Å². The van der Waals surface area contributed by atoms with E-state index in [1.807, 2.05) is 26.8 Å². The van der Waals surface area contributed by atoms with Crippen LogP contribution < -0.4 is 15.8 Å². The minimum Gasteiger partial charge on any atom is -0.482 e. The first-order chi connectivity index (χ1) is 8.31. The van der Waals surface area contributed by atoms with Gasteiger partial charge in [-0.25, -0.2) is 0 Å². The Balaban J connectivity index is 2.56. The zero-order valence-electron chi connectivity index (χ0n) is 10.9. The van der Waals surface area contributed by atoms with Crippen LogP contribution in [0.4, 0.5) is 0 Å².